The number of alkyl halides is 1. The van der Waals surface area contributed by atoms with Gasteiger partial charge >= 0.3 is 0 Å². The number of fused-ring (bicyclic) bond motifs is 1. The number of aromatic nitrogens is 1. The molecule has 1 N–H and O–H groups in total. The summed E-state index contributed by atoms with van der Waals surface area (Å²) in [5.74, 6) is -0.284. The van der Waals surface area contributed by atoms with Gasteiger partial charge in [0.1, 0.15) is 12.0 Å². The molecule has 1 saturated heterocycles. The van der Waals surface area contributed by atoms with Crippen LogP contribution in [0.1, 0.15) is 26.7 Å². The first-order valence-electron chi connectivity index (χ1n) is 8.16. The van der Waals surface area contributed by atoms with Crippen LogP contribution in [0, 0.1) is 5.92 Å². The molecule has 1 aliphatic heterocycles. The van der Waals surface area contributed by atoms with E-state index in [1.165, 1.54) is 12.1 Å². The molecule has 23 heavy (non-hydrogen) atoms. The highest BCUT2D eigenvalue weighted by molar-refractivity contribution is 5.96. The van der Waals surface area contributed by atoms with Gasteiger partial charge in [0.15, 0.2) is 0 Å². The topological polar surface area (TPSA) is 45.2 Å². The highest BCUT2D eigenvalue weighted by atomic mass is 19.1. The predicted molar refractivity (Wildman–Crippen MR) is 89.4 cm³/mol. The number of carbonyl (C=O) groups excluding carboxylic acids is 1. The number of anilines is 2. The van der Waals surface area contributed by atoms with Crippen molar-refractivity contribution in [3.8, 4) is 0 Å². The van der Waals surface area contributed by atoms with Gasteiger partial charge in [-0.3, -0.25) is 4.79 Å². The largest absolute Gasteiger partial charge is 0.366 e. The van der Waals surface area contributed by atoms with E-state index in [1.54, 1.807) is 6.20 Å². The van der Waals surface area contributed by atoms with Crippen LogP contribution in [0.3, 0.4) is 0 Å². The van der Waals surface area contributed by atoms with Gasteiger partial charge in [0, 0.05) is 29.4 Å². The quantitative estimate of drug-likeness (QED) is 0.943. The second kappa shape index (κ2) is 5.18. The van der Waals surface area contributed by atoms with Crippen molar-refractivity contribution >= 4 is 28.2 Å². The number of hydrogen-bond acceptors (Lipinski definition) is 3. The average molecular weight is 313 g/mol. The highest BCUT2D eigenvalue weighted by Crippen LogP contribution is 2.35. The number of rotatable bonds is 3. The van der Waals surface area contributed by atoms with E-state index in [9.17, 15) is 9.18 Å². The number of pyridine rings is 1. The van der Waals surface area contributed by atoms with Gasteiger partial charge < -0.3 is 10.2 Å². The molecule has 0 bridgehead atoms. The van der Waals surface area contributed by atoms with E-state index < -0.39 is 12.1 Å². The van der Waals surface area contributed by atoms with Crippen molar-refractivity contribution in [3.05, 3.63) is 30.5 Å². The molecule has 2 aliphatic rings. The van der Waals surface area contributed by atoms with Gasteiger partial charge in [-0.05, 0) is 50.3 Å². The standard InChI is InChI=1S/C18H20FN3O/c1-10-5-11(2)22(10)14-4-3-12-7-17(20-9-13(12)6-14)21-18(23)15-8-16(15)19/h3-4,6-7,9-11,15-16H,5,8H2,1-2H3,(H,20,21,23)/t10?,11?,15-,16+/m1/s1. The third-order valence-corrected chi connectivity index (χ3v) is 4.94. The number of halogens is 1. The summed E-state index contributed by atoms with van der Waals surface area (Å²) in [7, 11) is 0. The SMILES string of the molecule is CC1CC(C)N1c1ccc2cc(NC(=O)[C@@H]3C[C@@H]3F)ncc2c1. The van der Waals surface area contributed by atoms with Crippen molar-refractivity contribution in [2.24, 2.45) is 5.92 Å². The maximum absolute atomic E-state index is 12.9. The van der Waals surface area contributed by atoms with Gasteiger partial charge in [-0.25, -0.2) is 9.37 Å². The second-order valence-corrected chi connectivity index (χ2v) is 6.79. The maximum atomic E-state index is 12.9. The Labute approximate surface area is 134 Å². The van der Waals surface area contributed by atoms with Gasteiger partial charge in [0.05, 0.1) is 5.92 Å². The lowest BCUT2D eigenvalue weighted by molar-refractivity contribution is -0.117. The van der Waals surface area contributed by atoms with Gasteiger partial charge in [0.2, 0.25) is 5.91 Å². The van der Waals surface area contributed by atoms with Crippen LogP contribution in [0.15, 0.2) is 30.5 Å². The van der Waals surface area contributed by atoms with Crippen LogP contribution in [-0.2, 0) is 4.79 Å². The summed E-state index contributed by atoms with van der Waals surface area (Å²) in [5, 5.41) is 4.76. The fraction of sp³-hybridized carbons (Fsp3) is 0.444. The number of hydrogen-bond donors (Lipinski definition) is 1. The van der Waals surface area contributed by atoms with Crippen LogP contribution >= 0.6 is 0 Å². The molecule has 4 nitrogen and oxygen atoms in total. The Hall–Kier alpha value is -2.17. The zero-order valence-corrected chi connectivity index (χ0v) is 13.3. The Morgan fingerprint density at radius 3 is 2.61 bits per heavy atom. The lowest BCUT2D eigenvalue weighted by Gasteiger charge is -2.47. The number of benzene rings is 1. The molecule has 4 rings (SSSR count). The molecule has 0 spiro atoms. The van der Waals surface area contributed by atoms with Crippen molar-refractivity contribution in [2.75, 3.05) is 10.2 Å². The second-order valence-electron chi connectivity index (χ2n) is 6.79. The van der Waals surface area contributed by atoms with Crippen molar-refractivity contribution < 1.29 is 9.18 Å². The molecular formula is C18H20FN3O. The molecule has 2 heterocycles. The molecule has 120 valence electrons. The zero-order chi connectivity index (χ0) is 16.1. The van der Waals surface area contributed by atoms with Crippen molar-refractivity contribution in [3.63, 3.8) is 0 Å². The van der Waals surface area contributed by atoms with Gasteiger partial charge in [-0.15, -0.1) is 0 Å². The van der Waals surface area contributed by atoms with E-state index in [4.69, 9.17) is 0 Å². The molecule has 1 aromatic carbocycles. The fourth-order valence-electron chi connectivity index (χ4n) is 3.54. The fourth-order valence-corrected chi connectivity index (χ4v) is 3.54. The van der Waals surface area contributed by atoms with Crippen LogP contribution < -0.4 is 10.2 Å². The Kier molecular flexibility index (Phi) is 3.25. The normalized spacial score (nSPS) is 29.3. The van der Waals surface area contributed by atoms with Crippen LogP contribution in [0.5, 0.6) is 0 Å². The summed E-state index contributed by atoms with van der Waals surface area (Å²) >= 11 is 0. The van der Waals surface area contributed by atoms with Crippen molar-refractivity contribution in [1.29, 1.82) is 0 Å². The van der Waals surface area contributed by atoms with Crippen LogP contribution in [0.4, 0.5) is 15.9 Å². The number of nitrogens with one attached hydrogen (secondary N) is 1. The number of amides is 1. The molecule has 1 aliphatic carbocycles. The molecule has 2 fully saturated rings. The van der Waals surface area contributed by atoms with E-state index in [0.717, 1.165) is 10.8 Å². The Morgan fingerprint density at radius 2 is 1.96 bits per heavy atom. The molecule has 1 aromatic heterocycles. The minimum absolute atomic E-state index is 0.274. The first kappa shape index (κ1) is 14.4. The Morgan fingerprint density at radius 1 is 1.22 bits per heavy atom. The summed E-state index contributed by atoms with van der Waals surface area (Å²) in [6, 6.07) is 9.28. The van der Waals surface area contributed by atoms with Gasteiger partial charge in [-0.1, -0.05) is 6.07 Å². The van der Waals surface area contributed by atoms with E-state index >= 15 is 0 Å². The van der Waals surface area contributed by atoms with Crippen molar-refractivity contribution in [2.45, 2.75) is 44.9 Å². The molecule has 1 amide bonds. The third-order valence-electron chi connectivity index (χ3n) is 4.94. The van der Waals surface area contributed by atoms with Crippen LogP contribution in [0.25, 0.3) is 10.8 Å². The summed E-state index contributed by atoms with van der Waals surface area (Å²) in [4.78, 5) is 18.5. The predicted octanol–water partition coefficient (Wildman–Crippen LogP) is 3.52. The summed E-state index contributed by atoms with van der Waals surface area (Å²) < 4.78 is 12.9. The lowest BCUT2D eigenvalue weighted by atomic mass is 9.94. The molecule has 2 aromatic rings. The molecule has 1 saturated carbocycles. The molecule has 4 atom stereocenters. The molecule has 0 radical (unpaired) electrons. The Bertz CT molecular complexity index is 770. The highest BCUT2D eigenvalue weighted by Gasteiger charge is 2.43. The summed E-state index contributed by atoms with van der Waals surface area (Å²) in [6.45, 7) is 4.47. The van der Waals surface area contributed by atoms with E-state index in [-0.39, 0.29) is 5.91 Å². The van der Waals surface area contributed by atoms with Crippen molar-refractivity contribution in [1.82, 2.24) is 4.98 Å². The average Bonchev–Trinajstić information content (AvgIpc) is 3.24. The van der Waals surface area contributed by atoms with E-state index in [0.29, 0.717) is 24.3 Å². The molecule has 2 unspecified atom stereocenters. The van der Waals surface area contributed by atoms with E-state index in [2.05, 4.69) is 47.2 Å². The zero-order valence-electron chi connectivity index (χ0n) is 13.3. The maximum Gasteiger partial charge on any atom is 0.231 e. The molecule has 5 heteroatoms. The number of nitrogens with zero attached hydrogens (tertiary/aromatic N) is 2. The van der Waals surface area contributed by atoms with E-state index in [1.807, 2.05) is 6.07 Å². The third kappa shape index (κ3) is 2.54. The van der Waals surface area contributed by atoms with Crippen LogP contribution in [0.2, 0.25) is 0 Å². The number of carbonyl (C=O) groups is 1. The smallest absolute Gasteiger partial charge is 0.231 e. The Balaban J connectivity index is 1.56. The molecular weight excluding hydrogens is 293 g/mol. The van der Waals surface area contributed by atoms with Gasteiger partial charge in [-0.2, -0.15) is 0 Å². The summed E-state index contributed by atoms with van der Waals surface area (Å²) in [6.07, 6.45) is 2.33. The minimum Gasteiger partial charge on any atom is -0.366 e. The van der Waals surface area contributed by atoms with Crippen LogP contribution in [-0.4, -0.2) is 29.1 Å². The first-order chi connectivity index (χ1) is 11.0. The van der Waals surface area contributed by atoms with Gasteiger partial charge in [0.25, 0.3) is 0 Å². The lowest BCUT2D eigenvalue weighted by Crippen LogP contribution is -2.53. The monoisotopic (exact) mass is 313 g/mol. The summed E-state index contributed by atoms with van der Waals surface area (Å²) in [5.41, 5.74) is 1.21. The first-order valence-corrected chi connectivity index (χ1v) is 8.16. The minimum atomic E-state index is -0.987.